The van der Waals surface area contributed by atoms with Gasteiger partial charge in [0.15, 0.2) is 0 Å². The van der Waals surface area contributed by atoms with Gasteiger partial charge in [-0.3, -0.25) is 4.98 Å². The number of fused-ring (bicyclic) bond motifs is 1. The number of hydrogen-bond acceptors (Lipinski definition) is 4. The highest BCUT2D eigenvalue weighted by atomic mass is 32.2. The van der Waals surface area contributed by atoms with E-state index in [0.29, 0.717) is 6.42 Å². The zero-order valence-electron chi connectivity index (χ0n) is 12.2. The van der Waals surface area contributed by atoms with Crippen LogP contribution >= 0.6 is 0 Å². The van der Waals surface area contributed by atoms with E-state index in [0.717, 1.165) is 29.4 Å². The van der Waals surface area contributed by atoms with Crippen molar-refractivity contribution in [2.75, 3.05) is 19.3 Å². The Kier molecular flexibility index (Phi) is 5.67. The van der Waals surface area contributed by atoms with E-state index in [1.54, 1.807) is 6.20 Å². The summed E-state index contributed by atoms with van der Waals surface area (Å²) in [7, 11) is -1.37. The van der Waals surface area contributed by atoms with E-state index in [-0.39, 0.29) is 12.3 Å². The molecule has 0 spiro atoms. The van der Waals surface area contributed by atoms with Crippen molar-refractivity contribution in [3.63, 3.8) is 0 Å². The van der Waals surface area contributed by atoms with Crippen molar-refractivity contribution < 1.29 is 8.42 Å². The van der Waals surface area contributed by atoms with E-state index in [2.05, 4.69) is 15.0 Å². The summed E-state index contributed by atoms with van der Waals surface area (Å²) in [5, 5.41) is 4.03. The van der Waals surface area contributed by atoms with Crippen molar-refractivity contribution in [1.82, 2.24) is 15.0 Å². The van der Waals surface area contributed by atoms with Crippen LogP contribution in [0.2, 0.25) is 0 Å². The first-order chi connectivity index (χ1) is 10.1. The molecule has 0 saturated carbocycles. The number of para-hydroxylation sites is 1. The number of unbranched alkanes of at least 4 members (excludes halogenated alkanes) is 1. The summed E-state index contributed by atoms with van der Waals surface area (Å²) in [6.07, 6.45) is 3.23. The summed E-state index contributed by atoms with van der Waals surface area (Å²) in [4.78, 5) is 4.33. The summed E-state index contributed by atoms with van der Waals surface area (Å²) < 4.78 is 26.6. The van der Waals surface area contributed by atoms with Crippen LogP contribution in [0, 0.1) is 0 Å². The van der Waals surface area contributed by atoms with Crippen LogP contribution in [0.15, 0.2) is 36.5 Å². The normalized spacial score (nSPS) is 11.9. The summed E-state index contributed by atoms with van der Waals surface area (Å²) in [6.45, 7) is 1.12. The molecule has 5 nitrogen and oxygen atoms in total. The van der Waals surface area contributed by atoms with Crippen molar-refractivity contribution in [1.29, 1.82) is 0 Å². The zero-order chi connectivity index (χ0) is 15.1. The molecule has 0 saturated heterocycles. The number of nitrogens with one attached hydrogen (secondary N) is 2. The standard InChI is InChI=1S/C15H21N3O2S/c1-16-9-2-3-11-21(19,20)18-12-14-7-4-6-13-8-5-10-17-15(13)14/h4-8,10,16,18H,2-3,9,11-12H2,1H3. The minimum atomic E-state index is -3.23. The Bertz CT molecular complexity index is 681. The highest BCUT2D eigenvalue weighted by Crippen LogP contribution is 2.15. The topological polar surface area (TPSA) is 71.1 Å². The second-order valence-corrected chi connectivity index (χ2v) is 6.87. The Hall–Kier alpha value is -1.50. The maximum atomic E-state index is 12.0. The van der Waals surface area contributed by atoms with E-state index in [1.807, 2.05) is 37.4 Å². The fourth-order valence-corrected chi connectivity index (χ4v) is 3.27. The fraction of sp³-hybridized carbons (Fsp3) is 0.400. The minimum absolute atomic E-state index is 0.160. The second-order valence-electron chi connectivity index (χ2n) is 4.94. The van der Waals surface area contributed by atoms with Crippen LogP contribution in [0.1, 0.15) is 18.4 Å². The maximum absolute atomic E-state index is 12.0. The molecule has 0 aliphatic carbocycles. The van der Waals surface area contributed by atoms with Gasteiger partial charge in [-0.05, 0) is 38.1 Å². The zero-order valence-corrected chi connectivity index (χ0v) is 13.0. The lowest BCUT2D eigenvalue weighted by Gasteiger charge is -2.08. The van der Waals surface area contributed by atoms with Crippen LogP contribution in [0.3, 0.4) is 0 Å². The minimum Gasteiger partial charge on any atom is -0.320 e. The molecule has 114 valence electrons. The van der Waals surface area contributed by atoms with Gasteiger partial charge in [0.05, 0.1) is 11.3 Å². The number of sulfonamides is 1. The van der Waals surface area contributed by atoms with E-state index in [4.69, 9.17) is 0 Å². The van der Waals surface area contributed by atoms with Crippen molar-refractivity contribution in [2.24, 2.45) is 0 Å². The first-order valence-corrected chi connectivity index (χ1v) is 8.72. The van der Waals surface area contributed by atoms with Gasteiger partial charge in [0, 0.05) is 18.1 Å². The highest BCUT2D eigenvalue weighted by Gasteiger charge is 2.10. The number of nitrogens with zero attached hydrogens (tertiary/aromatic N) is 1. The molecule has 0 bridgehead atoms. The van der Waals surface area contributed by atoms with Gasteiger partial charge in [0.1, 0.15) is 0 Å². The van der Waals surface area contributed by atoms with Gasteiger partial charge >= 0.3 is 0 Å². The van der Waals surface area contributed by atoms with Crippen LogP contribution < -0.4 is 10.0 Å². The largest absolute Gasteiger partial charge is 0.320 e. The van der Waals surface area contributed by atoms with Gasteiger partial charge < -0.3 is 5.32 Å². The highest BCUT2D eigenvalue weighted by molar-refractivity contribution is 7.89. The van der Waals surface area contributed by atoms with Gasteiger partial charge in [0.25, 0.3) is 0 Å². The molecule has 6 heteroatoms. The van der Waals surface area contributed by atoms with Crippen molar-refractivity contribution in [3.05, 3.63) is 42.1 Å². The average Bonchev–Trinajstić information content (AvgIpc) is 2.50. The second kappa shape index (κ2) is 7.49. The van der Waals surface area contributed by atoms with E-state index in [9.17, 15) is 8.42 Å². The average molecular weight is 307 g/mol. The quantitative estimate of drug-likeness (QED) is 0.728. The molecule has 0 amide bonds. The Balaban J connectivity index is 1.98. The Labute approximate surface area is 125 Å². The molecule has 2 N–H and O–H groups in total. The first-order valence-electron chi connectivity index (χ1n) is 7.07. The molecular weight excluding hydrogens is 286 g/mol. The Morgan fingerprint density at radius 1 is 1.14 bits per heavy atom. The number of hydrogen-bond donors (Lipinski definition) is 2. The van der Waals surface area contributed by atoms with Crippen molar-refractivity contribution in [3.8, 4) is 0 Å². The third-order valence-electron chi connectivity index (χ3n) is 3.29. The molecule has 0 aliphatic rings. The monoisotopic (exact) mass is 307 g/mol. The molecule has 1 aromatic heterocycles. The predicted molar refractivity (Wildman–Crippen MR) is 85.5 cm³/mol. The molecule has 0 unspecified atom stereocenters. The van der Waals surface area contributed by atoms with Crippen LogP contribution in [0.4, 0.5) is 0 Å². The number of rotatable bonds is 8. The van der Waals surface area contributed by atoms with Crippen LogP contribution in [-0.4, -0.2) is 32.7 Å². The van der Waals surface area contributed by atoms with Gasteiger partial charge in [-0.25, -0.2) is 13.1 Å². The number of benzene rings is 1. The summed E-state index contributed by atoms with van der Waals surface area (Å²) >= 11 is 0. The van der Waals surface area contributed by atoms with Gasteiger partial charge in [-0.1, -0.05) is 24.3 Å². The molecule has 0 fully saturated rings. The molecule has 21 heavy (non-hydrogen) atoms. The summed E-state index contributed by atoms with van der Waals surface area (Å²) in [6, 6.07) is 9.63. The Morgan fingerprint density at radius 3 is 2.76 bits per heavy atom. The molecule has 1 aromatic carbocycles. The molecular formula is C15H21N3O2S. The van der Waals surface area contributed by atoms with Gasteiger partial charge in [0.2, 0.25) is 10.0 Å². The molecule has 0 atom stereocenters. The van der Waals surface area contributed by atoms with Crippen LogP contribution in [0.5, 0.6) is 0 Å². The van der Waals surface area contributed by atoms with Crippen LogP contribution in [-0.2, 0) is 16.6 Å². The SMILES string of the molecule is CNCCCCS(=O)(=O)NCc1cccc2cccnc12. The molecule has 0 radical (unpaired) electrons. The van der Waals surface area contributed by atoms with E-state index >= 15 is 0 Å². The lowest BCUT2D eigenvalue weighted by molar-refractivity contribution is 0.575. The molecule has 0 aliphatic heterocycles. The molecule has 2 aromatic rings. The summed E-state index contributed by atoms with van der Waals surface area (Å²) in [5.74, 6) is 0.160. The van der Waals surface area contributed by atoms with Gasteiger partial charge in [-0.15, -0.1) is 0 Å². The summed E-state index contributed by atoms with van der Waals surface area (Å²) in [5.41, 5.74) is 1.74. The smallest absolute Gasteiger partial charge is 0.211 e. The fourth-order valence-electron chi connectivity index (χ4n) is 2.16. The predicted octanol–water partition coefficient (Wildman–Crippen LogP) is 1.65. The van der Waals surface area contributed by atoms with Gasteiger partial charge in [-0.2, -0.15) is 0 Å². The lowest BCUT2D eigenvalue weighted by atomic mass is 10.1. The number of aromatic nitrogens is 1. The number of pyridine rings is 1. The third-order valence-corrected chi connectivity index (χ3v) is 4.70. The third kappa shape index (κ3) is 4.77. The van der Waals surface area contributed by atoms with E-state index < -0.39 is 10.0 Å². The first kappa shape index (κ1) is 15.9. The lowest BCUT2D eigenvalue weighted by Crippen LogP contribution is -2.26. The van der Waals surface area contributed by atoms with Crippen LogP contribution in [0.25, 0.3) is 10.9 Å². The van der Waals surface area contributed by atoms with E-state index in [1.165, 1.54) is 0 Å². The Morgan fingerprint density at radius 2 is 1.95 bits per heavy atom. The maximum Gasteiger partial charge on any atom is 0.211 e. The molecule has 2 rings (SSSR count). The molecule has 1 heterocycles. The van der Waals surface area contributed by atoms with Crippen molar-refractivity contribution >= 4 is 20.9 Å². The van der Waals surface area contributed by atoms with Crippen molar-refractivity contribution in [2.45, 2.75) is 19.4 Å².